The van der Waals surface area contributed by atoms with Crippen LogP contribution in [0.15, 0.2) is 48.5 Å². The summed E-state index contributed by atoms with van der Waals surface area (Å²) in [4.78, 5) is 12.2. The van der Waals surface area contributed by atoms with Crippen molar-refractivity contribution in [2.24, 2.45) is 5.92 Å². The number of carbonyl (C=O) groups is 1. The van der Waals surface area contributed by atoms with Crippen LogP contribution in [-0.2, 0) is 17.6 Å². The van der Waals surface area contributed by atoms with Gasteiger partial charge in [0.05, 0.1) is 0 Å². The van der Waals surface area contributed by atoms with Crippen LogP contribution in [0.2, 0.25) is 0 Å². The zero-order valence-electron chi connectivity index (χ0n) is 10.5. The Balaban J connectivity index is 1.70. The first-order valence-corrected chi connectivity index (χ1v) is 6.39. The van der Waals surface area contributed by atoms with E-state index in [1.54, 1.807) is 24.3 Å². The summed E-state index contributed by atoms with van der Waals surface area (Å²) in [7, 11) is 0. The van der Waals surface area contributed by atoms with Crippen LogP contribution >= 0.6 is 0 Å². The fourth-order valence-electron chi connectivity index (χ4n) is 2.57. The average Bonchev–Trinajstić information content (AvgIpc) is 2.82. The number of phenols is 1. The highest BCUT2D eigenvalue weighted by atomic mass is 16.3. The van der Waals surface area contributed by atoms with Crippen LogP contribution < -0.4 is 5.32 Å². The zero-order chi connectivity index (χ0) is 13.2. The molecule has 0 aromatic heterocycles. The first-order valence-electron chi connectivity index (χ1n) is 6.39. The monoisotopic (exact) mass is 253 g/mol. The van der Waals surface area contributed by atoms with Gasteiger partial charge in [-0.1, -0.05) is 30.3 Å². The van der Waals surface area contributed by atoms with E-state index in [2.05, 4.69) is 17.4 Å². The number of aromatic hydroxyl groups is 1. The van der Waals surface area contributed by atoms with Gasteiger partial charge in [-0.25, -0.2) is 0 Å². The molecule has 19 heavy (non-hydrogen) atoms. The molecule has 0 heterocycles. The van der Waals surface area contributed by atoms with Crippen molar-refractivity contribution in [1.29, 1.82) is 0 Å². The van der Waals surface area contributed by atoms with E-state index in [9.17, 15) is 9.90 Å². The fraction of sp³-hybridized carbons (Fsp3) is 0.188. The molecule has 2 aromatic rings. The second kappa shape index (κ2) is 4.76. The summed E-state index contributed by atoms with van der Waals surface area (Å²) < 4.78 is 0. The van der Waals surface area contributed by atoms with E-state index >= 15 is 0 Å². The number of carbonyl (C=O) groups excluding carboxylic acids is 1. The van der Waals surface area contributed by atoms with Crippen molar-refractivity contribution in [3.63, 3.8) is 0 Å². The molecule has 96 valence electrons. The third-order valence-electron chi connectivity index (χ3n) is 3.54. The molecule has 3 nitrogen and oxygen atoms in total. The fourth-order valence-corrected chi connectivity index (χ4v) is 2.57. The molecule has 1 aliphatic carbocycles. The molecule has 0 bridgehead atoms. The van der Waals surface area contributed by atoms with Gasteiger partial charge in [0.15, 0.2) is 0 Å². The van der Waals surface area contributed by atoms with Gasteiger partial charge >= 0.3 is 0 Å². The Bertz CT molecular complexity index is 597. The highest BCUT2D eigenvalue weighted by Crippen LogP contribution is 2.27. The molecular formula is C16H15NO2. The molecule has 1 aliphatic rings. The lowest BCUT2D eigenvalue weighted by atomic mass is 10.1. The molecule has 0 spiro atoms. The molecule has 0 saturated carbocycles. The molecule has 0 atom stereocenters. The lowest BCUT2D eigenvalue weighted by Crippen LogP contribution is -2.23. The predicted octanol–water partition coefficient (Wildman–Crippen LogP) is 2.75. The molecule has 2 N–H and O–H groups in total. The van der Waals surface area contributed by atoms with E-state index in [4.69, 9.17) is 0 Å². The summed E-state index contributed by atoms with van der Waals surface area (Å²) in [5, 5.41) is 12.2. The van der Waals surface area contributed by atoms with Crippen molar-refractivity contribution < 1.29 is 9.90 Å². The Labute approximate surface area is 111 Å². The van der Waals surface area contributed by atoms with Crippen molar-refractivity contribution in [1.82, 2.24) is 0 Å². The molecule has 3 heteroatoms. The van der Waals surface area contributed by atoms with Crippen LogP contribution in [0.3, 0.4) is 0 Å². The molecule has 2 aromatic carbocycles. The van der Waals surface area contributed by atoms with Crippen LogP contribution in [0.1, 0.15) is 11.1 Å². The van der Waals surface area contributed by atoms with Crippen LogP contribution in [0.5, 0.6) is 5.75 Å². The summed E-state index contributed by atoms with van der Waals surface area (Å²) >= 11 is 0. The molecular weight excluding hydrogens is 238 g/mol. The van der Waals surface area contributed by atoms with E-state index < -0.39 is 0 Å². The van der Waals surface area contributed by atoms with Crippen LogP contribution in [0.25, 0.3) is 0 Å². The second-order valence-corrected chi connectivity index (χ2v) is 4.91. The molecule has 0 fully saturated rings. The summed E-state index contributed by atoms with van der Waals surface area (Å²) in [6.07, 6.45) is 1.58. The zero-order valence-corrected chi connectivity index (χ0v) is 10.5. The molecule has 0 unspecified atom stereocenters. The van der Waals surface area contributed by atoms with Crippen LogP contribution in [0.4, 0.5) is 5.69 Å². The number of fused-ring (bicyclic) bond motifs is 1. The number of nitrogens with one attached hydrogen (secondary N) is 1. The number of phenolic OH excluding ortho intramolecular Hbond substituents is 1. The van der Waals surface area contributed by atoms with E-state index in [-0.39, 0.29) is 17.6 Å². The molecule has 0 aliphatic heterocycles. The smallest absolute Gasteiger partial charge is 0.228 e. The Morgan fingerprint density at radius 3 is 2.37 bits per heavy atom. The normalized spacial score (nSPS) is 14.1. The maximum atomic E-state index is 12.2. The third-order valence-corrected chi connectivity index (χ3v) is 3.54. The Morgan fingerprint density at radius 1 is 1.05 bits per heavy atom. The van der Waals surface area contributed by atoms with Gasteiger partial charge in [0, 0.05) is 17.7 Å². The molecule has 3 rings (SSSR count). The number of anilines is 1. The van der Waals surface area contributed by atoms with Gasteiger partial charge in [-0.3, -0.25) is 4.79 Å². The van der Waals surface area contributed by atoms with Crippen LogP contribution in [-0.4, -0.2) is 11.0 Å². The topological polar surface area (TPSA) is 49.3 Å². The first-order chi connectivity index (χ1) is 9.22. The van der Waals surface area contributed by atoms with Crippen molar-refractivity contribution in [3.8, 4) is 5.75 Å². The largest absolute Gasteiger partial charge is 0.508 e. The van der Waals surface area contributed by atoms with Gasteiger partial charge in [-0.2, -0.15) is 0 Å². The Hall–Kier alpha value is -2.29. The minimum Gasteiger partial charge on any atom is -0.508 e. The van der Waals surface area contributed by atoms with Gasteiger partial charge in [0.1, 0.15) is 5.75 Å². The van der Waals surface area contributed by atoms with E-state index in [1.807, 2.05) is 12.1 Å². The van der Waals surface area contributed by atoms with Gasteiger partial charge in [-0.15, -0.1) is 0 Å². The number of amides is 1. The minimum absolute atomic E-state index is 0.0141. The van der Waals surface area contributed by atoms with Crippen molar-refractivity contribution in [2.45, 2.75) is 12.8 Å². The summed E-state index contributed by atoms with van der Waals surface area (Å²) in [6, 6.07) is 14.8. The number of benzene rings is 2. The third kappa shape index (κ3) is 2.45. The van der Waals surface area contributed by atoms with Gasteiger partial charge in [0.2, 0.25) is 5.91 Å². The molecule has 0 saturated heterocycles. The summed E-state index contributed by atoms with van der Waals surface area (Å²) in [6.45, 7) is 0. The highest BCUT2D eigenvalue weighted by molar-refractivity contribution is 5.93. The first kappa shape index (κ1) is 11.8. The lowest BCUT2D eigenvalue weighted by molar-refractivity contribution is -0.119. The maximum absolute atomic E-state index is 12.2. The van der Waals surface area contributed by atoms with Gasteiger partial charge in [-0.05, 0) is 36.1 Å². The SMILES string of the molecule is O=C(Nc1cccc(O)c1)C1Cc2ccccc2C1. The Kier molecular flexibility index (Phi) is 2.95. The van der Waals surface area contributed by atoms with E-state index in [1.165, 1.54) is 11.1 Å². The Morgan fingerprint density at radius 2 is 1.74 bits per heavy atom. The highest BCUT2D eigenvalue weighted by Gasteiger charge is 2.26. The van der Waals surface area contributed by atoms with Gasteiger partial charge in [0.25, 0.3) is 0 Å². The predicted molar refractivity (Wildman–Crippen MR) is 74.1 cm³/mol. The minimum atomic E-state index is -0.0141. The maximum Gasteiger partial charge on any atom is 0.228 e. The van der Waals surface area contributed by atoms with E-state index in [0.717, 1.165) is 12.8 Å². The summed E-state index contributed by atoms with van der Waals surface area (Å²) in [5.74, 6) is 0.161. The number of hydrogen-bond donors (Lipinski definition) is 2. The van der Waals surface area contributed by atoms with Crippen molar-refractivity contribution in [2.75, 3.05) is 5.32 Å². The second-order valence-electron chi connectivity index (χ2n) is 4.91. The molecule has 1 amide bonds. The number of hydrogen-bond acceptors (Lipinski definition) is 2. The number of rotatable bonds is 2. The van der Waals surface area contributed by atoms with E-state index in [0.29, 0.717) is 5.69 Å². The van der Waals surface area contributed by atoms with Gasteiger partial charge < -0.3 is 10.4 Å². The van der Waals surface area contributed by atoms with Crippen molar-refractivity contribution in [3.05, 3.63) is 59.7 Å². The molecule has 0 radical (unpaired) electrons. The quantitative estimate of drug-likeness (QED) is 0.864. The lowest BCUT2D eigenvalue weighted by Gasteiger charge is -2.10. The average molecular weight is 253 g/mol. The van der Waals surface area contributed by atoms with Crippen LogP contribution in [0, 0.1) is 5.92 Å². The summed E-state index contributed by atoms with van der Waals surface area (Å²) in [5.41, 5.74) is 3.16. The van der Waals surface area contributed by atoms with Crippen molar-refractivity contribution >= 4 is 11.6 Å². The standard InChI is InChI=1S/C16H15NO2/c18-15-7-3-6-14(10-15)17-16(19)13-8-11-4-1-2-5-12(11)9-13/h1-7,10,13,18H,8-9H2,(H,17,19).